The van der Waals surface area contributed by atoms with E-state index < -0.39 is 40.7 Å². The van der Waals surface area contributed by atoms with Gasteiger partial charge in [0.05, 0.1) is 41.5 Å². The highest BCUT2D eigenvalue weighted by Gasteiger charge is 2.36. The highest BCUT2D eigenvalue weighted by atomic mass is 32.1. The molecule has 2 aromatic rings. The van der Waals surface area contributed by atoms with Crippen LogP contribution < -0.4 is 9.80 Å². The molecule has 12 heteroatoms. The molecule has 1 saturated heterocycles. The van der Waals surface area contributed by atoms with Crippen molar-refractivity contribution in [2.75, 3.05) is 30.1 Å². The van der Waals surface area contributed by atoms with Crippen LogP contribution in [-0.4, -0.2) is 49.3 Å². The number of hydrogen-bond donors (Lipinski definition) is 0. The van der Waals surface area contributed by atoms with Crippen LogP contribution in [0.5, 0.6) is 0 Å². The maximum Gasteiger partial charge on any atom is 0.417 e. The van der Waals surface area contributed by atoms with Crippen molar-refractivity contribution in [1.29, 1.82) is 5.26 Å². The average Bonchev–Trinajstić information content (AvgIpc) is 2.87. The van der Waals surface area contributed by atoms with Gasteiger partial charge in [0.1, 0.15) is 18.2 Å². The summed E-state index contributed by atoms with van der Waals surface area (Å²) in [5.74, 6) is -1.77. The number of nitrogens with zero attached hydrogens (tertiary/aromatic N) is 3. The fourth-order valence-corrected chi connectivity index (χ4v) is 4.34. The Morgan fingerprint density at radius 1 is 1.16 bits per heavy atom. The van der Waals surface area contributed by atoms with Crippen LogP contribution in [0, 0.1) is 17.1 Å². The van der Waals surface area contributed by atoms with Crippen molar-refractivity contribution in [3.63, 3.8) is 0 Å². The normalized spacial score (nSPS) is 14.4. The number of carbonyl (C=O) groups is 2. The lowest BCUT2D eigenvalue weighted by Crippen LogP contribution is -2.54. The number of nitriles is 1. The molecule has 2 aromatic carbocycles. The zero-order valence-corrected chi connectivity index (χ0v) is 21.7. The minimum absolute atomic E-state index is 0.00912. The monoisotopic (exact) mass is 551 g/mol. The molecule has 0 radical (unpaired) electrons. The van der Waals surface area contributed by atoms with Gasteiger partial charge in [-0.25, -0.2) is 9.18 Å². The van der Waals surface area contributed by atoms with E-state index in [1.54, 1.807) is 0 Å². The summed E-state index contributed by atoms with van der Waals surface area (Å²) in [6.45, 7) is 3.85. The van der Waals surface area contributed by atoms with Crippen LogP contribution in [0.4, 0.5) is 28.9 Å². The van der Waals surface area contributed by atoms with E-state index in [1.807, 2.05) is 0 Å². The highest BCUT2D eigenvalue weighted by Crippen LogP contribution is 2.35. The second-order valence-electron chi connectivity index (χ2n) is 9.17. The van der Waals surface area contributed by atoms with Gasteiger partial charge in [-0.3, -0.25) is 0 Å². The minimum atomic E-state index is -4.79. The molecule has 1 heterocycles. The summed E-state index contributed by atoms with van der Waals surface area (Å²) in [4.78, 5) is 27.0. The predicted molar refractivity (Wildman–Crippen MR) is 135 cm³/mol. The Kier molecular flexibility index (Phi) is 8.74. The molecule has 0 spiro atoms. The second-order valence-corrected chi connectivity index (χ2v) is 9.53. The van der Waals surface area contributed by atoms with E-state index in [0.717, 1.165) is 18.2 Å². The van der Waals surface area contributed by atoms with Crippen molar-refractivity contribution >= 4 is 41.0 Å². The summed E-state index contributed by atoms with van der Waals surface area (Å²) < 4.78 is 66.2. The number of thiocarbonyl (C=S) groups is 1. The van der Waals surface area contributed by atoms with Crippen LogP contribution in [-0.2, 0) is 20.4 Å². The molecule has 1 aliphatic heterocycles. The molecule has 38 heavy (non-hydrogen) atoms. The van der Waals surface area contributed by atoms with E-state index in [2.05, 4.69) is 0 Å². The number of halogens is 4. The van der Waals surface area contributed by atoms with E-state index in [-0.39, 0.29) is 22.1 Å². The van der Waals surface area contributed by atoms with Crippen LogP contribution >= 0.6 is 12.2 Å². The van der Waals surface area contributed by atoms with E-state index in [1.165, 1.54) is 55.0 Å². The number of carbonyl (C=O) groups excluding carboxylic acids is 2. The molecule has 0 atom stereocenters. The van der Waals surface area contributed by atoms with E-state index in [0.29, 0.717) is 32.3 Å². The van der Waals surface area contributed by atoms with Crippen molar-refractivity contribution in [3.8, 4) is 6.07 Å². The molecule has 0 N–H and O–H groups in total. The molecule has 1 fully saturated rings. The Morgan fingerprint density at radius 3 is 2.34 bits per heavy atom. The van der Waals surface area contributed by atoms with Gasteiger partial charge in [0.2, 0.25) is 0 Å². The summed E-state index contributed by atoms with van der Waals surface area (Å²) in [5.41, 5.74) is -3.30. The predicted octanol–water partition coefficient (Wildman–Crippen LogP) is 5.26. The number of benzene rings is 2. The Hall–Kier alpha value is -3.56. The number of rotatable bonds is 6. The molecule has 1 aliphatic rings. The topological polar surface area (TPSA) is 82.9 Å². The van der Waals surface area contributed by atoms with Crippen LogP contribution in [0.15, 0.2) is 36.4 Å². The van der Waals surface area contributed by atoms with Crippen molar-refractivity contribution in [1.82, 2.24) is 0 Å². The van der Waals surface area contributed by atoms with Gasteiger partial charge in [-0.2, -0.15) is 18.4 Å². The zero-order chi connectivity index (χ0) is 28.3. The molecule has 7 nitrogen and oxygen atoms in total. The first kappa shape index (κ1) is 29.0. The Bertz CT molecular complexity index is 1270. The van der Waals surface area contributed by atoms with Gasteiger partial charge in [0.15, 0.2) is 5.11 Å². The Labute approximate surface area is 222 Å². The van der Waals surface area contributed by atoms with Crippen LogP contribution in [0.3, 0.4) is 0 Å². The number of esters is 1. The molecular weight excluding hydrogens is 526 g/mol. The van der Waals surface area contributed by atoms with Crippen LogP contribution in [0.2, 0.25) is 0 Å². The maximum atomic E-state index is 15.1. The SMILES string of the molecule is CN(C(=S)N(c1ccc(C(=O)OC2CCOCC2)c(F)c1)C(C)(C)C=O)c1ccc(C#N)c(C(F)(F)F)c1. The largest absolute Gasteiger partial charge is 0.459 e. The summed E-state index contributed by atoms with van der Waals surface area (Å²) in [7, 11) is 1.38. The first-order chi connectivity index (χ1) is 17.8. The molecular formula is C26H25F4N3O4S. The third kappa shape index (κ3) is 6.28. The molecule has 0 amide bonds. The molecule has 0 aliphatic carbocycles. The maximum absolute atomic E-state index is 15.1. The van der Waals surface area contributed by atoms with Gasteiger partial charge in [-0.15, -0.1) is 0 Å². The summed E-state index contributed by atoms with van der Waals surface area (Å²) in [6.07, 6.45) is -3.63. The molecule has 3 rings (SSSR count). The minimum Gasteiger partial charge on any atom is -0.459 e. The molecule has 0 saturated carbocycles. The molecule has 202 valence electrons. The van der Waals surface area contributed by atoms with Crippen molar-refractivity contribution in [3.05, 3.63) is 58.9 Å². The first-order valence-electron chi connectivity index (χ1n) is 11.5. The van der Waals surface area contributed by atoms with Crippen LogP contribution in [0.1, 0.15) is 48.2 Å². The summed E-state index contributed by atoms with van der Waals surface area (Å²) in [6, 6.07) is 8.16. The third-order valence-corrected chi connectivity index (χ3v) is 6.49. The van der Waals surface area contributed by atoms with Gasteiger partial charge >= 0.3 is 12.1 Å². The second kappa shape index (κ2) is 11.4. The quantitative estimate of drug-likeness (QED) is 0.208. The van der Waals surface area contributed by atoms with E-state index in [4.69, 9.17) is 27.0 Å². The fourth-order valence-electron chi connectivity index (χ4n) is 3.89. The van der Waals surface area contributed by atoms with Gasteiger partial charge in [0.25, 0.3) is 0 Å². The highest BCUT2D eigenvalue weighted by molar-refractivity contribution is 7.80. The lowest BCUT2D eigenvalue weighted by atomic mass is 10.0. The summed E-state index contributed by atoms with van der Waals surface area (Å²) >= 11 is 5.53. The average molecular weight is 552 g/mol. The number of hydrogen-bond acceptors (Lipinski definition) is 6. The lowest BCUT2D eigenvalue weighted by molar-refractivity contribution is -0.137. The third-order valence-electron chi connectivity index (χ3n) is 6.03. The number of alkyl halides is 3. The van der Waals surface area contributed by atoms with Crippen molar-refractivity contribution in [2.24, 2.45) is 0 Å². The van der Waals surface area contributed by atoms with Gasteiger partial charge in [-0.1, -0.05) is 0 Å². The van der Waals surface area contributed by atoms with Crippen LogP contribution in [0.25, 0.3) is 0 Å². The van der Waals surface area contributed by atoms with Gasteiger partial charge in [0, 0.05) is 31.3 Å². The zero-order valence-electron chi connectivity index (χ0n) is 20.8. The van der Waals surface area contributed by atoms with Gasteiger partial charge < -0.3 is 24.1 Å². The lowest BCUT2D eigenvalue weighted by Gasteiger charge is -2.39. The number of ether oxygens (including phenoxy) is 2. The standard InChI is InChI=1S/C26H25F4N3O4S/c1-25(2,15-34)33(24(38)32(3)17-5-4-16(14-31)21(12-17)26(28,29)30)18-6-7-20(22(27)13-18)23(35)37-19-8-10-36-11-9-19/h4-7,12-13,15,19H,8-11H2,1-3H3. The smallest absolute Gasteiger partial charge is 0.417 e. The summed E-state index contributed by atoms with van der Waals surface area (Å²) in [5, 5.41) is 8.94. The molecule has 0 bridgehead atoms. The van der Waals surface area contributed by atoms with Crippen molar-refractivity contribution < 1.29 is 36.6 Å². The fraction of sp³-hybridized carbons (Fsp3) is 0.385. The molecule has 0 aromatic heterocycles. The van der Waals surface area contributed by atoms with Crippen molar-refractivity contribution in [2.45, 2.75) is 44.5 Å². The number of anilines is 2. The van der Waals surface area contributed by atoms with Gasteiger partial charge in [-0.05, 0) is 62.5 Å². The number of aldehydes is 1. The Morgan fingerprint density at radius 2 is 1.79 bits per heavy atom. The van der Waals surface area contributed by atoms with E-state index >= 15 is 4.39 Å². The Balaban J connectivity index is 1.95. The molecule has 0 unspecified atom stereocenters. The van der Waals surface area contributed by atoms with E-state index in [9.17, 15) is 22.8 Å². The first-order valence-corrected chi connectivity index (χ1v) is 11.9.